The summed E-state index contributed by atoms with van der Waals surface area (Å²) in [5.41, 5.74) is 0.966. The summed E-state index contributed by atoms with van der Waals surface area (Å²) in [4.78, 5) is 5.66. The Hall–Kier alpha value is -1.58. The lowest BCUT2D eigenvalue weighted by atomic mass is 9.98. The van der Waals surface area contributed by atoms with Gasteiger partial charge in [-0.25, -0.2) is 0 Å². The van der Waals surface area contributed by atoms with Crippen LogP contribution in [0.2, 0.25) is 0 Å². The van der Waals surface area contributed by atoms with Gasteiger partial charge in [0.15, 0.2) is 6.23 Å². The average Bonchev–Trinajstić information content (AvgIpc) is 2.66. The van der Waals surface area contributed by atoms with Crippen molar-refractivity contribution in [1.82, 2.24) is 5.06 Å². The van der Waals surface area contributed by atoms with Crippen LogP contribution in [0.4, 0.5) is 0 Å². The zero-order valence-corrected chi connectivity index (χ0v) is 14.6. The maximum atomic E-state index is 10.4. The Kier molecular flexibility index (Phi) is 6.20. The summed E-state index contributed by atoms with van der Waals surface area (Å²) in [7, 11) is 0. The van der Waals surface area contributed by atoms with Crippen LogP contribution in [-0.2, 0) is 16.1 Å². The number of ether oxygens (including phenoxy) is 1. The van der Waals surface area contributed by atoms with Gasteiger partial charge >= 0.3 is 0 Å². The first-order chi connectivity index (χ1) is 12.6. The van der Waals surface area contributed by atoms with E-state index in [1.807, 2.05) is 42.5 Å². The van der Waals surface area contributed by atoms with Crippen LogP contribution in [0.15, 0.2) is 42.5 Å². The maximum absolute atomic E-state index is 10.4. The van der Waals surface area contributed by atoms with Crippen molar-refractivity contribution in [2.24, 2.45) is 0 Å². The predicted molar refractivity (Wildman–Crippen MR) is 94.9 cm³/mol. The number of hydrogen-bond acceptors (Lipinski definition) is 7. The second kappa shape index (κ2) is 8.41. The Labute approximate surface area is 152 Å². The van der Waals surface area contributed by atoms with Gasteiger partial charge in [0.25, 0.3) is 0 Å². The topological polar surface area (TPSA) is 103 Å². The van der Waals surface area contributed by atoms with Crippen molar-refractivity contribution in [1.29, 1.82) is 0 Å². The van der Waals surface area contributed by atoms with Gasteiger partial charge in [0.05, 0.1) is 19.8 Å². The number of fused-ring (bicyclic) bond motifs is 1. The number of aliphatic hydroxyl groups is 4. The van der Waals surface area contributed by atoms with Crippen LogP contribution in [0.5, 0.6) is 0 Å². The van der Waals surface area contributed by atoms with Crippen molar-refractivity contribution in [3.8, 4) is 0 Å². The zero-order chi connectivity index (χ0) is 18.7. The third-order valence-corrected chi connectivity index (χ3v) is 4.65. The molecule has 4 N–H and O–H groups in total. The van der Waals surface area contributed by atoms with Gasteiger partial charge in [0, 0.05) is 0 Å². The van der Waals surface area contributed by atoms with Crippen LogP contribution in [0, 0.1) is 0 Å². The average molecular weight is 363 g/mol. The molecule has 1 aliphatic heterocycles. The molecule has 0 spiro atoms. The van der Waals surface area contributed by atoms with E-state index in [2.05, 4.69) is 0 Å². The molecule has 0 aromatic heterocycles. The lowest BCUT2D eigenvalue weighted by Crippen LogP contribution is -2.63. The van der Waals surface area contributed by atoms with Gasteiger partial charge in [0.1, 0.15) is 24.4 Å². The van der Waals surface area contributed by atoms with Gasteiger partial charge in [-0.05, 0) is 23.3 Å². The van der Waals surface area contributed by atoms with Gasteiger partial charge < -0.3 is 25.2 Å². The van der Waals surface area contributed by atoms with E-state index in [1.165, 1.54) is 5.06 Å². The molecule has 1 saturated heterocycles. The van der Waals surface area contributed by atoms with E-state index in [4.69, 9.17) is 9.57 Å². The standard InChI is InChI=1S/C19H25NO6/c1-2-25-20(19-18(24)17(23)16(22)15(11-21)26-19)10-13-8-5-7-12-6-3-4-9-14(12)13/h3-9,15-19,21-24H,2,10-11H2,1H3/t15-,16-,17+,18-,19-/m1/s1. The molecule has 3 rings (SSSR count). The van der Waals surface area contributed by atoms with E-state index in [0.717, 1.165) is 16.3 Å². The van der Waals surface area contributed by atoms with Gasteiger partial charge in [-0.2, -0.15) is 5.06 Å². The lowest BCUT2D eigenvalue weighted by Gasteiger charge is -2.43. The molecule has 0 bridgehead atoms. The van der Waals surface area contributed by atoms with Crippen molar-refractivity contribution in [2.75, 3.05) is 13.2 Å². The Morgan fingerprint density at radius 1 is 1.00 bits per heavy atom. The van der Waals surface area contributed by atoms with Gasteiger partial charge in [0.2, 0.25) is 0 Å². The second-order valence-corrected chi connectivity index (χ2v) is 6.35. The van der Waals surface area contributed by atoms with Crippen LogP contribution in [0.3, 0.4) is 0 Å². The van der Waals surface area contributed by atoms with E-state index in [9.17, 15) is 20.4 Å². The quantitative estimate of drug-likeness (QED) is 0.551. The van der Waals surface area contributed by atoms with Crippen molar-refractivity contribution in [2.45, 2.75) is 44.1 Å². The minimum atomic E-state index is -1.44. The number of rotatable bonds is 6. The van der Waals surface area contributed by atoms with E-state index < -0.39 is 37.3 Å². The van der Waals surface area contributed by atoms with Crippen LogP contribution in [0.1, 0.15) is 12.5 Å². The fourth-order valence-electron chi connectivity index (χ4n) is 3.29. The Bertz CT molecular complexity index is 719. The Morgan fingerprint density at radius 2 is 1.73 bits per heavy atom. The van der Waals surface area contributed by atoms with Gasteiger partial charge in [-0.15, -0.1) is 0 Å². The van der Waals surface area contributed by atoms with E-state index in [1.54, 1.807) is 6.92 Å². The lowest BCUT2D eigenvalue weighted by molar-refractivity contribution is -0.337. The summed E-state index contributed by atoms with van der Waals surface area (Å²) in [6.07, 6.45) is -6.22. The van der Waals surface area contributed by atoms with E-state index in [0.29, 0.717) is 13.2 Å². The summed E-state index contributed by atoms with van der Waals surface area (Å²) in [5, 5.41) is 43.3. The largest absolute Gasteiger partial charge is 0.394 e. The molecule has 5 atom stereocenters. The molecule has 1 fully saturated rings. The van der Waals surface area contributed by atoms with Crippen LogP contribution < -0.4 is 0 Å². The number of benzene rings is 2. The van der Waals surface area contributed by atoms with Crippen molar-refractivity contribution < 1.29 is 30.0 Å². The summed E-state index contributed by atoms with van der Waals surface area (Å²) in [6, 6.07) is 13.8. The SMILES string of the molecule is CCON(Cc1cccc2ccccc12)[C@@H]1O[C@H](CO)[C@@H](O)[C@H](O)[C@H]1O. The minimum absolute atomic E-state index is 0.303. The summed E-state index contributed by atoms with van der Waals surface area (Å²) < 4.78 is 5.62. The molecular formula is C19H25NO6. The highest BCUT2D eigenvalue weighted by Gasteiger charge is 2.46. The highest BCUT2D eigenvalue weighted by Crippen LogP contribution is 2.27. The van der Waals surface area contributed by atoms with Crippen molar-refractivity contribution >= 4 is 10.8 Å². The van der Waals surface area contributed by atoms with Crippen molar-refractivity contribution in [3.05, 3.63) is 48.0 Å². The summed E-state index contributed by atoms with van der Waals surface area (Å²) in [6.45, 7) is 1.97. The highest BCUT2D eigenvalue weighted by molar-refractivity contribution is 5.85. The first-order valence-corrected chi connectivity index (χ1v) is 8.73. The number of nitrogens with zero attached hydrogens (tertiary/aromatic N) is 1. The smallest absolute Gasteiger partial charge is 0.162 e. The molecule has 0 amide bonds. The predicted octanol–water partition coefficient (Wildman–Crippen LogP) is 0.393. The van der Waals surface area contributed by atoms with Gasteiger partial charge in [-0.3, -0.25) is 4.84 Å². The summed E-state index contributed by atoms with van der Waals surface area (Å²) in [5.74, 6) is 0. The third-order valence-electron chi connectivity index (χ3n) is 4.65. The molecular weight excluding hydrogens is 338 g/mol. The Morgan fingerprint density at radius 3 is 2.46 bits per heavy atom. The van der Waals surface area contributed by atoms with Crippen molar-refractivity contribution in [3.63, 3.8) is 0 Å². The molecule has 7 nitrogen and oxygen atoms in total. The molecule has 2 aromatic carbocycles. The molecule has 0 radical (unpaired) electrons. The highest BCUT2D eigenvalue weighted by atomic mass is 16.7. The first-order valence-electron chi connectivity index (χ1n) is 8.73. The van der Waals surface area contributed by atoms with Crippen LogP contribution >= 0.6 is 0 Å². The van der Waals surface area contributed by atoms with Crippen LogP contribution in [-0.4, -0.2) is 69.3 Å². The second-order valence-electron chi connectivity index (χ2n) is 6.35. The normalized spacial score (nSPS) is 29.4. The molecule has 1 heterocycles. The molecule has 1 aliphatic rings. The van der Waals surface area contributed by atoms with Gasteiger partial charge in [-0.1, -0.05) is 42.5 Å². The fraction of sp³-hybridized carbons (Fsp3) is 0.474. The molecule has 0 unspecified atom stereocenters. The molecule has 26 heavy (non-hydrogen) atoms. The first kappa shape index (κ1) is 19.2. The molecule has 142 valence electrons. The maximum Gasteiger partial charge on any atom is 0.162 e. The zero-order valence-electron chi connectivity index (χ0n) is 14.6. The number of hydrogen-bond donors (Lipinski definition) is 4. The van der Waals surface area contributed by atoms with Crippen LogP contribution in [0.25, 0.3) is 10.8 Å². The van der Waals surface area contributed by atoms with E-state index >= 15 is 0 Å². The molecule has 7 heteroatoms. The third kappa shape index (κ3) is 3.74. The number of hydroxylamine groups is 2. The molecule has 2 aromatic rings. The summed E-state index contributed by atoms with van der Waals surface area (Å²) >= 11 is 0. The molecule has 0 saturated carbocycles. The molecule has 0 aliphatic carbocycles. The number of aliphatic hydroxyl groups excluding tert-OH is 4. The minimum Gasteiger partial charge on any atom is -0.394 e. The van der Waals surface area contributed by atoms with E-state index in [-0.39, 0.29) is 0 Å². The monoisotopic (exact) mass is 363 g/mol. The Balaban J connectivity index is 1.88. The fourth-order valence-corrected chi connectivity index (χ4v) is 3.29.